The van der Waals surface area contributed by atoms with Crippen LogP contribution < -0.4 is 4.90 Å². The average Bonchev–Trinajstić information content (AvgIpc) is 2.61. The van der Waals surface area contributed by atoms with E-state index in [4.69, 9.17) is 0 Å². The largest absolute Gasteiger partial charge is 0.337 e. The molecule has 1 aromatic carbocycles. The van der Waals surface area contributed by atoms with Crippen LogP contribution in [-0.2, 0) is 4.79 Å². The lowest BCUT2D eigenvalue weighted by molar-refractivity contribution is -0.896. The van der Waals surface area contributed by atoms with Crippen molar-refractivity contribution in [2.24, 2.45) is 11.8 Å². The summed E-state index contributed by atoms with van der Waals surface area (Å²) in [6, 6.07) is 7.50. The number of benzene rings is 1. The lowest BCUT2D eigenvalue weighted by Crippen LogP contribution is -3.15. The van der Waals surface area contributed by atoms with E-state index in [1.807, 2.05) is 34.1 Å². The van der Waals surface area contributed by atoms with Gasteiger partial charge in [0.15, 0.2) is 6.54 Å². The van der Waals surface area contributed by atoms with E-state index in [1.54, 1.807) is 0 Å². The number of nitrogens with zero attached hydrogens (tertiary/aromatic N) is 2. The van der Waals surface area contributed by atoms with Crippen LogP contribution in [0.4, 0.5) is 0 Å². The summed E-state index contributed by atoms with van der Waals surface area (Å²) in [6.07, 6.45) is 1.22. The number of hydrogen-bond donors (Lipinski definition) is 1. The van der Waals surface area contributed by atoms with E-state index >= 15 is 0 Å². The molecule has 2 atom stereocenters. The number of carbonyl (C=O) groups is 2. The first kappa shape index (κ1) is 19.4. The van der Waals surface area contributed by atoms with Crippen LogP contribution in [0.3, 0.4) is 0 Å². The lowest BCUT2D eigenvalue weighted by Gasteiger charge is -2.37. The molecule has 0 bridgehead atoms. The van der Waals surface area contributed by atoms with Crippen molar-refractivity contribution < 1.29 is 14.5 Å². The number of carbonyl (C=O) groups excluding carboxylic acids is 2. The van der Waals surface area contributed by atoms with Gasteiger partial charge in [0.1, 0.15) is 0 Å². The second-order valence-corrected chi connectivity index (χ2v) is 8.89. The standard InChI is InChI=1S/C20H28BrN3O2/c1-15-11-16(2)13-24(12-15)19(25)14-22-7-9-23(10-8-22)20(26)17-3-5-18(21)6-4-17/h3-6,15-16H,7-14H2,1-2H3/p+1/t15-,16-/m1/s1. The van der Waals surface area contributed by atoms with Crippen LogP contribution in [0.5, 0.6) is 0 Å². The van der Waals surface area contributed by atoms with E-state index in [9.17, 15) is 9.59 Å². The molecule has 3 rings (SSSR count). The van der Waals surface area contributed by atoms with Crippen LogP contribution in [0.25, 0.3) is 0 Å². The highest BCUT2D eigenvalue weighted by Gasteiger charge is 2.30. The molecule has 0 spiro atoms. The summed E-state index contributed by atoms with van der Waals surface area (Å²) in [7, 11) is 0. The molecule has 2 heterocycles. The van der Waals surface area contributed by atoms with Gasteiger partial charge < -0.3 is 14.7 Å². The van der Waals surface area contributed by atoms with Gasteiger partial charge in [-0.2, -0.15) is 0 Å². The third-order valence-electron chi connectivity index (χ3n) is 5.47. The first-order valence-corrected chi connectivity index (χ1v) is 10.4. The van der Waals surface area contributed by atoms with Gasteiger partial charge >= 0.3 is 0 Å². The molecular weight excluding hydrogens is 394 g/mol. The predicted octanol–water partition coefficient (Wildman–Crippen LogP) is 1.29. The Morgan fingerprint density at radius 2 is 1.62 bits per heavy atom. The van der Waals surface area contributed by atoms with Crippen LogP contribution in [0, 0.1) is 11.8 Å². The van der Waals surface area contributed by atoms with Crippen LogP contribution in [-0.4, -0.2) is 67.4 Å². The van der Waals surface area contributed by atoms with E-state index in [1.165, 1.54) is 11.3 Å². The number of amides is 2. The molecule has 2 aliphatic rings. The van der Waals surface area contributed by atoms with Gasteiger partial charge in [0.05, 0.1) is 26.2 Å². The number of piperazine rings is 1. The summed E-state index contributed by atoms with van der Waals surface area (Å²) in [5, 5.41) is 0. The second-order valence-electron chi connectivity index (χ2n) is 7.97. The molecule has 0 unspecified atom stereocenters. The molecule has 1 aromatic rings. The first-order chi connectivity index (χ1) is 12.4. The number of hydrogen-bond acceptors (Lipinski definition) is 2. The van der Waals surface area contributed by atoms with E-state index in [0.29, 0.717) is 31.5 Å². The number of halogens is 1. The summed E-state index contributed by atoms with van der Waals surface area (Å²) in [5.74, 6) is 1.55. The van der Waals surface area contributed by atoms with E-state index in [-0.39, 0.29) is 11.8 Å². The van der Waals surface area contributed by atoms with Crippen molar-refractivity contribution in [2.45, 2.75) is 20.3 Å². The van der Waals surface area contributed by atoms with Gasteiger partial charge in [-0.1, -0.05) is 29.8 Å². The minimum Gasteiger partial charge on any atom is -0.337 e. The fraction of sp³-hybridized carbons (Fsp3) is 0.600. The van der Waals surface area contributed by atoms with Crippen LogP contribution >= 0.6 is 15.9 Å². The summed E-state index contributed by atoms with van der Waals surface area (Å²) in [4.78, 5) is 30.5. The Kier molecular flexibility index (Phi) is 6.35. The first-order valence-electron chi connectivity index (χ1n) is 9.58. The highest BCUT2D eigenvalue weighted by Crippen LogP contribution is 2.20. The molecule has 6 heteroatoms. The quantitative estimate of drug-likeness (QED) is 0.797. The number of piperidine rings is 1. The number of quaternary nitrogens is 1. The molecule has 0 aliphatic carbocycles. The Morgan fingerprint density at radius 1 is 1.04 bits per heavy atom. The maximum absolute atomic E-state index is 12.6. The maximum Gasteiger partial charge on any atom is 0.277 e. The fourth-order valence-corrected chi connectivity index (χ4v) is 4.43. The maximum atomic E-state index is 12.6. The third kappa shape index (κ3) is 4.86. The zero-order valence-electron chi connectivity index (χ0n) is 15.7. The van der Waals surface area contributed by atoms with Crippen molar-refractivity contribution in [1.29, 1.82) is 0 Å². The van der Waals surface area contributed by atoms with Gasteiger partial charge in [-0.25, -0.2) is 0 Å². The Morgan fingerprint density at radius 3 is 2.19 bits per heavy atom. The fourth-order valence-electron chi connectivity index (χ4n) is 4.17. The number of nitrogens with one attached hydrogen (secondary N) is 1. The predicted molar refractivity (Wildman–Crippen MR) is 105 cm³/mol. The molecular formula is C20H29BrN3O2+. The molecule has 2 aliphatic heterocycles. The molecule has 5 nitrogen and oxygen atoms in total. The zero-order chi connectivity index (χ0) is 18.7. The Balaban J connectivity index is 1.48. The van der Waals surface area contributed by atoms with E-state index in [0.717, 1.165) is 36.2 Å². The Hall–Kier alpha value is -1.40. The molecule has 0 saturated carbocycles. The Bertz CT molecular complexity index is 631. The summed E-state index contributed by atoms with van der Waals surface area (Å²) in [6.45, 7) is 9.91. The van der Waals surface area contributed by atoms with Gasteiger partial charge in [0.2, 0.25) is 0 Å². The van der Waals surface area contributed by atoms with Gasteiger partial charge in [0.25, 0.3) is 11.8 Å². The van der Waals surface area contributed by atoms with Crippen molar-refractivity contribution in [3.05, 3.63) is 34.3 Å². The van der Waals surface area contributed by atoms with Crippen molar-refractivity contribution in [3.63, 3.8) is 0 Å². The van der Waals surface area contributed by atoms with Crippen molar-refractivity contribution in [1.82, 2.24) is 9.80 Å². The third-order valence-corrected chi connectivity index (χ3v) is 6.00. The molecule has 2 fully saturated rings. The minimum atomic E-state index is 0.0848. The molecule has 1 N–H and O–H groups in total. The van der Waals surface area contributed by atoms with Gasteiger partial charge in [-0.05, 0) is 42.5 Å². The number of rotatable bonds is 3. The van der Waals surface area contributed by atoms with E-state index in [2.05, 4.69) is 29.8 Å². The van der Waals surface area contributed by atoms with Crippen LogP contribution in [0.2, 0.25) is 0 Å². The molecule has 2 saturated heterocycles. The minimum absolute atomic E-state index is 0.0848. The highest BCUT2D eigenvalue weighted by molar-refractivity contribution is 9.10. The molecule has 0 radical (unpaired) electrons. The molecule has 26 heavy (non-hydrogen) atoms. The smallest absolute Gasteiger partial charge is 0.277 e. The lowest BCUT2D eigenvalue weighted by atomic mass is 9.92. The van der Waals surface area contributed by atoms with Crippen molar-refractivity contribution in [2.75, 3.05) is 45.8 Å². The molecule has 0 aromatic heterocycles. The van der Waals surface area contributed by atoms with Gasteiger partial charge in [-0.3, -0.25) is 9.59 Å². The van der Waals surface area contributed by atoms with Gasteiger partial charge in [-0.15, -0.1) is 0 Å². The summed E-state index contributed by atoms with van der Waals surface area (Å²) < 4.78 is 0.975. The zero-order valence-corrected chi connectivity index (χ0v) is 17.3. The van der Waals surface area contributed by atoms with Crippen LogP contribution in [0.15, 0.2) is 28.7 Å². The summed E-state index contributed by atoms with van der Waals surface area (Å²) in [5.41, 5.74) is 0.726. The highest BCUT2D eigenvalue weighted by atomic mass is 79.9. The average molecular weight is 423 g/mol. The molecule has 2 amide bonds. The Labute approximate surface area is 164 Å². The normalized spacial score (nSPS) is 24.6. The van der Waals surface area contributed by atoms with Crippen molar-refractivity contribution in [3.8, 4) is 0 Å². The summed E-state index contributed by atoms with van der Waals surface area (Å²) >= 11 is 3.40. The van der Waals surface area contributed by atoms with Crippen molar-refractivity contribution >= 4 is 27.7 Å². The monoisotopic (exact) mass is 422 g/mol. The number of likely N-dealkylation sites (tertiary alicyclic amines) is 1. The van der Waals surface area contributed by atoms with E-state index < -0.39 is 0 Å². The SMILES string of the molecule is C[C@@H]1C[C@@H](C)CN(C(=O)C[NH+]2CCN(C(=O)c3ccc(Br)cc3)CC2)C1. The van der Waals surface area contributed by atoms with Gasteiger partial charge in [0, 0.05) is 23.1 Å². The second kappa shape index (κ2) is 8.53. The topological polar surface area (TPSA) is 45.1 Å². The molecule has 142 valence electrons. The van der Waals surface area contributed by atoms with Crippen LogP contribution in [0.1, 0.15) is 30.6 Å².